The topological polar surface area (TPSA) is 62.2 Å². The highest BCUT2D eigenvalue weighted by atomic mass is 16.4. The summed E-state index contributed by atoms with van der Waals surface area (Å²) in [6.45, 7) is 0.697. The summed E-state index contributed by atoms with van der Waals surface area (Å²) in [5, 5.41) is 12.1. The standard InChI is InChI=1S/C11H14N2O2/c14-11(15)9-3-4-10(9)13-7-8-2-1-5-12-6-8/h1-2,5-6,9-10,13H,3-4,7H2,(H,14,15). The van der Waals surface area contributed by atoms with Crippen LogP contribution in [-0.4, -0.2) is 22.1 Å². The molecule has 2 rings (SSSR count). The third-order valence-corrected chi connectivity index (χ3v) is 2.88. The van der Waals surface area contributed by atoms with E-state index < -0.39 is 5.97 Å². The zero-order valence-electron chi connectivity index (χ0n) is 8.39. The Morgan fingerprint density at radius 2 is 2.47 bits per heavy atom. The predicted octanol–water partition coefficient (Wildman–Crippen LogP) is 1.03. The molecule has 0 aromatic carbocycles. The van der Waals surface area contributed by atoms with E-state index in [1.165, 1.54) is 0 Å². The summed E-state index contributed by atoms with van der Waals surface area (Å²) in [4.78, 5) is 14.8. The Bertz CT molecular complexity index is 340. The van der Waals surface area contributed by atoms with E-state index in [1.807, 2.05) is 12.1 Å². The molecule has 2 atom stereocenters. The lowest BCUT2D eigenvalue weighted by molar-refractivity contribution is -0.146. The average Bonchev–Trinajstić information content (AvgIpc) is 2.17. The highest BCUT2D eigenvalue weighted by Gasteiger charge is 2.35. The first-order chi connectivity index (χ1) is 7.27. The van der Waals surface area contributed by atoms with E-state index in [-0.39, 0.29) is 12.0 Å². The number of nitrogens with one attached hydrogen (secondary N) is 1. The van der Waals surface area contributed by atoms with Crippen molar-refractivity contribution in [2.75, 3.05) is 0 Å². The summed E-state index contributed by atoms with van der Waals surface area (Å²) in [5.74, 6) is -0.897. The van der Waals surface area contributed by atoms with Crippen LogP contribution in [0.4, 0.5) is 0 Å². The molecule has 1 aliphatic rings. The summed E-state index contributed by atoms with van der Waals surface area (Å²) in [6, 6.07) is 3.99. The second-order valence-corrected chi connectivity index (χ2v) is 3.87. The number of rotatable bonds is 4. The maximum atomic E-state index is 10.8. The number of aromatic nitrogens is 1. The number of aliphatic carboxylic acids is 1. The lowest BCUT2D eigenvalue weighted by Crippen LogP contribution is -2.47. The van der Waals surface area contributed by atoms with Crippen molar-refractivity contribution in [3.8, 4) is 0 Å². The van der Waals surface area contributed by atoms with Gasteiger partial charge in [-0.25, -0.2) is 0 Å². The number of pyridine rings is 1. The van der Waals surface area contributed by atoms with Crippen LogP contribution >= 0.6 is 0 Å². The number of carboxylic acid groups (broad SMARTS) is 1. The molecule has 0 aliphatic heterocycles. The summed E-state index contributed by atoms with van der Waals surface area (Å²) in [7, 11) is 0. The van der Waals surface area contributed by atoms with E-state index in [0.717, 1.165) is 18.4 Å². The molecular weight excluding hydrogens is 192 g/mol. The van der Waals surface area contributed by atoms with Crippen molar-refractivity contribution in [2.24, 2.45) is 5.92 Å². The van der Waals surface area contributed by atoms with Gasteiger partial charge in [0.25, 0.3) is 0 Å². The minimum Gasteiger partial charge on any atom is -0.481 e. The zero-order chi connectivity index (χ0) is 10.7. The Morgan fingerprint density at radius 3 is 3.00 bits per heavy atom. The fourth-order valence-electron chi connectivity index (χ4n) is 1.79. The second kappa shape index (κ2) is 4.40. The highest BCUT2D eigenvalue weighted by molar-refractivity contribution is 5.72. The smallest absolute Gasteiger partial charge is 0.308 e. The highest BCUT2D eigenvalue weighted by Crippen LogP contribution is 2.27. The van der Waals surface area contributed by atoms with Gasteiger partial charge in [-0.1, -0.05) is 6.07 Å². The van der Waals surface area contributed by atoms with E-state index in [4.69, 9.17) is 5.11 Å². The van der Waals surface area contributed by atoms with Crippen LogP contribution in [0.15, 0.2) is 24.5 Å². The summed E-state index contributed by atoms with van der Waals surface area (Å²) >= 11 is 0. The fraction of sp³-hybridized carbons (Fsp3) is 0.455. The van der Waals surface area contributed by atoms with Gasteiger partial charge in [0.2, 0.25) is 0 Å². The van der Waals surface area contributed by atoms with Crippen molar-refractivity contribution in [1.82, 2.24) is 10.3 Å². The van der Waals surface area contributed by atoms with Crippen molar-refractivity contribution >= 4 is 5.97 Å². The van der Waals surface area contributed by atoms with Gasteiger partial charge < -0.3 is 10.4 Å². The maximum Gasteiger partial charge on any atom is 0.308 e. The molecule has 0 bridgehead atoms. The molecule has 15 heavy (non-hydrogen) atoms. The third kappa shape index (κ3) is 2.33. The molecule has 4 nitrogen and oxygen atoms in total. The molecule has 0 saturated heterocycles. The zero-order valence-corrected chi connectivity index (χ0v) is 8.39. The van der Waals surface area contributed by atoms with Crippen LogP contribution in [0.5, 0.6) is 0 Å². The van der Waals surface area contributed by atoms with Gasteiger partial charge in [-0.2, -0.15) is 0 Å². The van der Waals surface area contributed by atoms with E-state index in [9.17, 15) is 4.79 Å². The number of hydrogen-bond acceptors (Lipinski definition) is 3. The summed E-state index contributed by atoms with van der Waals surface area (Å²) in [5.41, 5.74) is 1.09. The van der Waals surface area contributed by atoms with Crippen LogP contribution in [0, 0.1) is 5.92 Å². The molecule has 1 saturated carbocycles. The van der Waals surface area contributed by atoms with Gasteiger partial charge in [-0.05, 0) is 24.5 Å². The first-order valence-electron chi connectivity index (χ1n) is 5.12. The molecule has 1 aliphatic carbocycles. The van der Waals surface area contributed by atoms with Gasteiger partial charge in [0.05, 0.1) is 5.92 Å². The van der Waals surface area contributed by atoms with Gasteiger partial charge in [0.1, 0.15) is 0 Å². The molecule has 1 aromatic heterocycles. The molecule has 0 radical (unpaired) electrons. The van der Waals surface area contributed by atoms with Crippen molar-refractivity contribution in [2.45, 2.75) is 25.4 Å². The molecule has 0 amide bonds. The average molecular weight is 206 g/mol. The van der Waals surface area contributed by atoms with Crippen LogP contribution in [-0.2, 0) is 11.3 Å². The predicted molar refractivity (Wildman–Crippen MR) is 55.2 cm³/mol. The fourth-order valence-corrected chi connectivity index (χ4v) is 1.79. The third-order valence-electron chi connectivity index (χ3n) is 2.88. The Labute approximate surface area is 88.3 Å². The molecule has 2 N–H and O–H groups in total. The molecule has 2 unspecified atom stereocenters. The van der Waals surface area contributed by atoms with Crippen LogP contribution in [0.1, 0.15) is 18.4 Å². The molecule has 0 spiro atoms. The molecule has 1 fully saturated rings. The molecular formula is C11H14N2O2. The normalized spacial score (nSPS) is 24.5. The SMILES string of the molecule is O=C(O)C1CCC1NCc1cccnc1. The number of carbonyl (C=O) groups is 1. The van der Waals surface area contributed by atoms with Gasteiger partial charge in [0.15, 0.2) is 0 Å². The number of nitrogens with zero attached hydrogens (tertiary/aromatic N) is 1. The van der Waals surface area contributed by atoms with Crippen molar-refractivity contribution in [3.05, 3.63) is 30.1 Å². The van der Waals surface area contributed by atoms with Gasteiger partial charge in [-0.15, -0.1) is 0 Å². The number of hydrogen-bond donors (Lipinski definition) is 2. The largest absolute Gasteiger partial charge is 0.481 e. The van der Waals surface area contributed by atoms with Crippen molar-refractivity contribution in [3.63, 3.8) is 0 Å². The number of carboxylic acids is 1. The Hall–Kier alpha value is -1.42. The quantitative estimate of drug-likeness (QED) is 0.772. The van der Waals surface area contributed by atoms with Crippen LogP contribution in [0.3, 0.4) is 0 Å². The Kier molecular flexibility index (Phi) is 2.97. The van der Waals surface area contributed by atoms with Crippen LogP contribution in [0.2, 0.25) is 0 Å². The van der Waals surface area contributed by atoms with E-state index in [2.05, 4.69) is 10.3 Å². The Morgan fingerprint density at radius 1 is 1.60 bits per heavy atom. The van der Waals surface area contributed by atoms with E-state index >= 15 is 0 Å². The second-order valence-electron chi connectivity index (χ2n) is 3.87. The summed E-state index contributed by atoms with van der Waals surface area (Å²) < 4.78 is 0. The van der Waals surface area contributed by atoms with Crippen molar-refractivity contribution in [1.29, 1.82) is 0 Å². The molecule has 4 heteroatoms. The maximum absolute atomic E-state index is 10.8. The van der Waals surface area contributed by atoms with E-state index in [0.29, 0.717) is 6.54 Å². The minimum atomic E-state index is -0.690. The monoisotopic (exact) mass is 206 g/mol. The summed E-state index contributed by atoms with van der Waals surface area (Å²) in [6.07, 6.45) is 5.27. The van der Waals surface area contributed by atoms with Gasteiger partial charge in [0, 0.05) is 25.0 Å². The molecule has 80 valence electrons. The van der Waals surface area contributed by atoms with Crippen molar-refractivity contribution < 1.29 is 9.90 Å². The van der Waals surface area contributed by atoms with Crippen LogP contribution < -0.4 is 5.32 Å². The first-order valence-corrected chi connectivity index (χ1v) is 5.12. The van der Waals surface area contributed by atoms with Crippen LogP contribution in [0.25, 0.3) is 0 Å². The molecule has 1 aromatic rings. The molecule has 1 heterocycles. The van der Waals surface area contributed by atoms with Gasteiger partial charge in [-0.3, -0.25) is 9.78 Å². The lowest BCUT2D eigenvalue weighted by atomic mass is 9.79. The lowest BCUT2D eigenvalue weighted by Gasteiger charge is -2.34. The van der Waals surface area contributed by atoms with Gasteiger partial charge >= 0.3 is 5.97 Å². The minimum absolute atomic E-state index is 0.128. The first kappa shape index (κ1) is 10.1. The Balaban J connectivity index is 1.82. The van der Waals surface area contributed by atoms with E-state index in [1.54, 1.807) is 12.4 Å².